The minimum Gasteiger partial charge on any atom is -0.460 e. The number of cyclic esters (lactones) is 1. The number of nitrogens with zero attached hydrogens (tertiary/aromatic N) is 9. The molecule has 3 aliphatic heterocycles. The summed E-state index contributed by atoms with van der Waals surface area (Å²) in [5.74, 6) is -8.09. The first-order chi connectivity index (χ1) is 55.4. The Hall–Kier alpha value is -8.12. The summed E-state index contributed by atoms with van der Waals surface area (Å²) in [5.41, 5.74) is 17.1. The molecule has 1 saturated carbocycles. The lowest BCUT2D eigenvalue weighted by Gasteiger charge is -2.42. The molecule has 1 aliphatic carbocycles. The van der Waals surface area contributed by atoms with Gasteiger partial charge < -0.3 is 88.4 Å². The number of hydrogen-bond acceptors (Lipinski definition) is 28. The highest BCUT2D eigenvalue weighted by Gasteiger charge is 2.53. The fourth-order valence-electron chi connectivity index (χ4n) is 15.5. The number of esters is 1. The van der Waals surface area contributed by atoms with Crippen molar-refractivity contribution in [1.82, 2.24) is 49.9 Å². The maximum absolute atomic E-state index is 14.8. The van der Waals surface area contributed by atoms with Gasteiger partial charge in [-0.15, -0.1) is 5.10 Å². The summed E-state index contributed by atoms with van der Waals surface area (Å²) in [6, 6.07) is 4.38. The van der Waals surface area contributed by atoms with Crippen molar-refractivity contribution in [1.29, 1.82) is 0 Å². The number of aliphatic hydroxyl groups excluding tert-OH is 1. The predicted molar refractivity (Wildman–Crippen MR) is 426 cm³/mol. The van der Waals surface area contributed by atoms with Gasteiger partial charge in [-0.25, -0.2) is 24.1 Å². The highest BCUT2D eigenvalue weighted by atomic mass is 16.6. The molecular formula is C83H122N12O20. The molecule has 5 aromatic rings. The van der Waals surface area contributed by atoms with E-state index >= 15 is 0 Å². The second kappa shape index (κ2) is 45.6. The number of aromatic nitrogens is 8. The van der Waals surface area contributed by atoms with Crippen LogP contribution in [0.5, 0.6) is 0 Å². The molecule has 0 unspecified atom stereocenters. The highest BCUT2D eigenvalue weighted by Crippen LogP contribution is 2.39. The molecule has 2 amide bonds. The molecule has 3 fully saturated rings. The van der Waals surface area contributed by atoms with Gasteiger partial charge in [0.1, 0.15) is 59.2 Å². The van der Waals surface area contributed by atoms with Gasteiger partial charge in [-0.2, -0.15) is 10.1 Å². The van der Waals surface area contributed by atoms with Crippen LogP contribution in [0.25, 0.3) is 33.4 Å². The van der Waals surface area contributed by atoms with Gasteiger partial charge in [0.25, 0.3) is 17.7 Å². The quantitative estimate of drug-likeness (QED) is 0.0114. The van der Waals surface area contributed by atoms with Gasteiger partial charge in [0, 0.05) is 83.5 Å². The number of ether oxygens (including phenoxy) is 11. The number of nitrogen functional groups attached to an aromatic ring is 2. The molecule has 2 bridgehead atoms. The van der Waals surface area contributed by atoms with Crippen molar-refractivity contribution in [2.45, 2.75) is 219 Å². The maximum Gasteiger partial charge on any atom is 0.329 e. The zero-order chi connectivity index (χ0) is 82.6. The zero-order valence-electron chi connectivity index (χ0n) is 68.6. The largest absolute Gasteiger partial charge is 0.460 e. The summed E-state index contributed by atoms with van der Waals surface area (Å²) in [4.78, 5) is 98.7. The minimum atomic E-state index is -2.47. The molecule has 15 atom stereocenters. The molecule has 2 saturated heterocycles. The number of methoxy groups -OCH3 is 3. The van der Waals surface area contributed by atoms with E-state index in [9.17, 15) is 39.0 Å². The van der Waals surface area contributed by atoms with Crippen molar-refractivity contribution in [3.63, 3.8) is 0 Å². The lowest BCUT2D eigenvalue weighted by molar-refractivity contribution is -0.265. The first-order valence-electron chi connectivity index (χ1n) is 40.7. The number of allylic oxidation sites excluding steroid dienone is 6. The molecule has 0 radical (unpaired) electrons. The summed E-state index contributed by atoms with van der Waals surface area (Å²) >= 11 is 0. The van der Waals surface area contributed by atoms with Crippen molar-refractivity contribution < 1.29 is 95.5 Å². The molecule has 9 rings (SSSR count). The van der Waals surface area contributed by atoms with Crippen LogP contribution in [0.15, 0.2) is 82.7 Å². The van der Waals surface area contributed by atoms with Gasteiger partial charge in [-0.05, 0) is 138 Å². The van der Waals surface area contributed by atoms with Crippen LogP contribution in [0.1, 0.15) is 150 Å². The number of aryl methyl sites for hydroxylation is 1. The average Bonchev–Trinajstić information content (AvgIpc) is 0.885. The van der Waals surface area contributed by atoms with E-state index in [1.165, 1.54) is 18.3 Å². The number of fused-ring (bicyclic) bond motifs is 5. The Morgan fingerprint density at radius 3 is 2.29 bits per heavy atom. The third-order valence-corrected chi connectivity index (χ3v) is 22.3. The smallest absolute Gasteiger partial charge is 0.329 e. The van der Waals surface area contributed by atoms with Crippen molar-refractivity contribution in [2.75, 3.05) is 112 Å². The van der Waals surface area contributed by atoms with Gasteiger partial charge in [-0.1, -0.05) is 76.3 Å². The van der Waals surface area contributed by atoms with E-state index in [0.29, 0.717) is 182 Å². The van der Waals surface area contributed by atoms with Gasteiger partial charge >= 0.3 is 5.97 Å². The molecule has 4 aliphatic rings. The summed E-state index contributed by atoms with van der Waals surface area (Å²) in [6.45, 7) is 18.0. The number of benzene rings is 1. The van der Waals surface area contributed by atoms with Crippen molar-refractivity contribution >= 4 is 69.1 Å². The third-order valence-electron chi connectivity index (χ3n) is 22.3. The van der Waals surface area contributed by atoms with Crippen LogP contribution in [0.3, 0.4) is 0 Å². The summed E-state index contributed by atoms with van der Waals surface area (Å²) in [6.07, 6.45) is 16.3. The van der Waals surface area contributed by atoms with Crippen molar-refractivity contribution in [3.8, 4) is 11.3 Å². The molecule has 634 valence electrons. The van der Waals surface area contributed by atoms with E-state index in [1.54, 1.807) is 62.7 Å². The summed E-state index contributed by atoms with van der Waals surface area (Å²) in [7, 11) is 4.60. The van der Waals surface area contributed by atoms with Gasteiger partial charge in [0.15, 0.2) is 17.0 Å². The Balaban J connectivity index is 0.660. The number of anilines is 2. The molecule has 4 aromatic heterocycles. The van der Waals surface area contributed by atoms with Crippen LogP contribution < -0.4 is 16.8 Å². The predicted octanol–water partition coefficient (Wildman–Crippen LogP) is 8.18. The Labute approximate surface area is 673 Å². The van der Waals surface area contributed by atoms with Crippen LogP contribution in [-0.2, 0) is 101 Å². The van der Waals surface area contributed by atoms with E-state index in [1.807, 2.05) is 70.2 Å². The number of oxazole rings is 1. The molecule has 0 spiro atoms. The van der Waals surface area contributed by atoms with E-state index in [-0.39, 0.29) is 92.5 Å². The Bertz CT molecular complexity index is 4080. The van der Waals surface area contributed by atoms with E-state index in [0.717, 1.165) is 30.4 Å². The fraction of sp³-hybridized carbons (Fsp3) is 0.663. The highest BCUT2D eigenvalue weighted by molar-refractivity contribution is 6.39. The number of ketones is 3. The Kier molecular flexibility index (Phi) is 36.0. The van der Waals surface area contributed by atoms with Gasteiger partial charge in [0.2, 0.25) is 11.7 Å². The summed E-state index contributed by atoms with van der Waals surface area (Å²) < 4.78 is 74.0. The normalized spacial score (nSPS) is 28.1. The average molecular weight is 1610 g/mol. The number of Topliss-reactive ketones (excluding diaryl/α,β-unsaturated/α-hetero) is 3. The fourth-order valence-corrected chi connectivity index (χ4v) is 15.5. The molecule has 115 heavy (non-hydrogen) atoms. The number of nitrogens with one attached hydrogen (secondary N) is 1. The number of amides is 2. The zero-order valence-corrected chi connectivity index (χ0v) is 68.6. The van der Waals surface area contributed by atoms with Crippen LogP contribution >= 0.6 is 0 Å². The SMILES string of the molecule is CO[C@H]1C[C@@H]2CC[C@@H](C)[C@@](O)(O2)C(=O)C(=O)N2CCCC[C@H]2C(=O)O[C@H]([C@H](C)C[C@@H]2CC[C@@H](OCCOCc3cn(CCOCCOCCOCCOCCC(=O)NCCCCn4nc(-c5ccc6oc(N)nc6c5)c5c(N)ncnc54)nn3)[C@H](OC)C2)CC(=O)[C@H](C)/C=C(\C)[C@@H](O)[C@@H](OC)C(=O)[C@H](C)C[C@H](C)/C=C/C=C/C=C/1C. The number of hydrogen-bond donors (Lipinski definition) is 5. The van der Waals surface area contributed by atoms with E-state index in [2.05, 4.69) is 30.6 Å². The van der Waals surface area contributed by atoms with E-state index in [4.69, 9.17) is 73.1 Å². The second-order valence-electron chi connectivity index (χ2n) is 31.0. The van der Waals surface area contributed by atoms with Crippen molar-refractivity contribution in [3.05, 3.63) is 84.0 Å². The lowest BCUT2D eigenvalue weighted by atomic mass is 9.78. The van der Waals surface area contributed by atoms with E-state index < -0.39 is 77.8 Å². The number of rotatable bonds is 33. The van der Waals surface area contributed by atoms with Gasteiger partial charge in [-0.3, -0.25) is 24.0 Å². The summed E-state index contributed by atoms with van der Waals surface area (Å²) in [5, 5.41) is 40.7. The first kappa shape index (κ1) is 90.8. The Morgan fingerprint density at radius 2 is 1.54 bits per heavy atom. The maximum atomic E-state index is 14.8. The lowest BCUT2D eigenvalue weighted by Crippen LogP contribution is -2.61. The molecule has 7 heterocycles. The number of carbonyl (C=O) groups excluding carboxylic acids is 6. The number of piperidine rings is 1. The van der Waals surface area contributed by atoms with Crippen LogP contribution in [0.2, 0.25) is 0 Å². The molecule has 32 nitrogen and oxygen atoms in total. The topological polar surface area (TPSA) is 412 Å². The number of nitrogens with two attached hydrogens (primary N) is 2. The van der Waals surface area contributed by atoms with Crippen molar-refractivity contribution in [2.24, 2.45) is 35.5 Å². The number of carbonyl (C=O) groups is 6. The van der Waals surface area contributed by atoms with Crippen LogP contribution in [0, 0.1) is 35.5 Å². The monoisotopic (exact) mass is 1610 g/mol. The minimum absolute atomic E-state index is 0.00872. The first-order valence-corrected chi connectivity index (χ1v) is 40.7. The Morgan fingerprint density at radius 1 is 0.791 bits per heavy atom. The standard InChI is InChI=1S/C83H122N12O20/c1-52-18-12-11-13-19-53(2)68(104-8)47-62-24-21-58(7)83(103,115-62)77(100)80(101)94-29-16-14-20-64(94)81(102)113-69(48-65(96)54(3)43-57(6)75(99)76(106-10)74(98)56(5)42-52)55(4)44-59-22-25-67(70(45-59)105-9)112-41-40-111-50-61-49-93(92-90-61)31-33-108-35-37-110-39-38-109-36-34-107-32-27-71(97)86-28-15-17-30-95-79-72(78(84)87-51-88-79)73(91-95)60-23-26-66-63(46-60)89-82(85)114-66/h11-13,18-19,23,26,43,46,49,51-52,54-56,58-59,62,64,67-70,75-76,99,103H,14-17,20-22,24-25,27-42,44-45,47-48,50H2,1-10H3,(H2,85,89)(H,86,97)(H2,84,87,88)/b13-11+,18-12+,53-19+,57-43+/t52-,54-,55-,56-,58-,59+,62+,64+,67-,68+,69+,70-,75-,76+,83-/m1/s1. The van der Waals surface area contributed by atoms with Crippen LogP contribution in [0.4, 0.5) is 11.8 Å². The van der Waals surface area contributed by atoms with Crippen LogP contribution in [-0.4, -0.2) is 245 Å². The number of aliphatic hydroxyl groups is 2. The second-order valence-corrected chi connectivity index (χ2v) is 31.0. The number of unbranched alkanes of at least 4 members (excludes halogenated alkanes) is 1. The molecule has 7 N–H and O–H groups in total. The molecule has 1 aromatic carbocycles. The molecular weight excluding hydrogens is 1480 g/mol. The van der Waals surface area contributed by atoms with Gasteiger partial charge in [0.05, 0.1) is 115 Å². The molecule has 32 heteroatoms. The third kappa shape index (κ3) is 26.2.